The molecule has 2 unspecified atom stereocenters. The largest absolute Gasteiger partial charge is 0.479 e. The number of hydrogen-bond donors (Lipinski definition) is 3. The van der Waals surface area contributed by atoms with Crippen LogP contribution in [0.5, 0.6) is 0 Å². The Hall–Kier alpha value is -6.07. The monoisotopic (exact) mass is 1010 g/mol. The van der Waals surface area contributed by atoms with Gasteiger partial charge in [-0.1, -0.05) is 87.1 Å². The lowest BCUT2D eigenvalue weighted by Crippen LogP contribution is -2.64. The molecule has 4 fully saturated rings. The second-order valence-electron chi connectivity index (χ2n) is 20.2. The van der Waals surface area contributed by atoms with Crippen LogP contribution in [0.4, 0.5) is 0 Å². The van der Waals surface area contributed by atoms with E-state index in [1.807, 2.05) is 83.6 Å². The number of thiophene rings is 2. The van der Waals surface area contributed by atoms with Crippen molar-refractivity contribution in [3.05, 3.63) is 106 Å². The Kier molecular flexibility index (Phi) is 15.1. The number of rotatable bonds is 15. The van der Waals surface area contributed by atoms with Crippen LogP contribution < -0.4 is 10.6 Å². The molecule has 2 saturated heterocycles. The summed E-state index contributed by atoms with van der Waals surface area (Å²) in [7, 11) is 0. The SMILES string of the molecule is CC(NC(=O)c1c(CN2CCN(C(C(=O)O)N3CCN(Cc4c(-c5cccs5)nc5ccccc5c4C(=O)NC(C)C4CCCCC4)C(=O)C3)CC2=O)c(-c2cccs2)nc2ccccc12)C1CCCCC1. The fourth-order valence-corrected chi connectivity index (χ4v) is 13.2. The van der Waals surface area contributed by atoms with Gasteiger partial charge in [0.15, 0.2) is 6.17 Å². The number of amides is 4. The number of nitrogens with one attached hydrogen (secondary N) is 2. The Morgan fingerprint density at radius 3 is 1.39 bits per heavy atom. The summed E-state index contributed by atoms with van der Waals surface area (Å²) in [6.07, 6.45) is 10.1. The van der Waals surface area contributed by atoms with Crippen LogP contribution in [-0.4, -0.2) is 122 Å². The van der Waals surface area contributed by atoms with E-state index in [1.54, 1.807) is 19.6 Å². The molecule has 0 spiro atoms. The van der Waals surface area contributed by atoms with E-state index in [4.69, 9.17) is 9.97 Å². The van der Waals surface area contributed by atoms with Gasteiger partial charge in [-0.2, -0.15) is 0 Å². The number of piperazine rings is 2. The number of carboxylic acids is 1. The maximum absolute atomic E-state index is 14.6. The highest BCUT2D eigenvalue weighted by atomic mass is 32.1. The van der Waals surface area contributed by atoms with Crippen LogP contribution in [0.2, 0.25) is 0 Å². The number of hydrogen-bond acceptors (Lipinski definition) is 11. The van der Waals surface area contributed by atoms with Gasteiger partial charge in [0.2, 0.25) is 11.8 Å². The van der Waals surface area contributed by atoms with Gasteiger partial charge in [-0.15, -0.1) is 22.7 Å². The van der Waals surface area contributed by atoms with Gasteiger partial charge in [0.1, 0.15) is 0 Å². The molecule has 2 atom stereocenters. The highest BCUT2D eigenvalue weighted by molar-refractivity contribution is 7.13. The lowest BCUT2D eigenvalue weighted by Gasteiger charge is -2.44. The third-order valence-corrected chi connectivity index (χ3v) is 17.4. The maximum Gasteiger partial charge on any atom is 0.336 e. The number of carbonyl (C=O) groups is 5. The third-order valence-electron chi connectivity index (χ3n) is 15.7. The summed E-state index contributed by atoms with van der Waals surface area (Å²) in [6.45, 7) is 4.91. The standard InChI is InChI=1S/C56H64N8O6S2/c1-35(37-15-5-3-6-16-37)57-53(67)49-39-19-9-11-21-43(39)59-51(45-23-13-29-71-45)41(49)31-61-25-27-63(33-47(61)65)55(56(69)70)64-28-26-62(48(66)34-64)32-42-50(54(68)58-36(2)38-17-7-4-8-18-38)40-20-10-12-22-44(40)60-52(42)46-24-14-30-72-46/h9-14,19-24,29-30,35-38,55H,3-8,15-18,25-28,31-34H2,1-2H3,(H,57,67)(H,58,68)(H,69,70). The van der Waals surface area contributed by atoms with Crippen LogP contribution in [0.1, 0.15) is 110 Å². The van der Waals surface area contributed by atoms with Crippen LogP contribution in [-0.2, 0) is 27.5 Å². The summed E-state index contributed by atoms with van der Waals surface area (Å²) in [5.41, 5.74) is 5.01. The molecule has 2 aliphatic carbocycles. The van der Waals surface area contributed by atoms with Crippen molar-refractivity contribution in [3.8, 4) is 21.1 Å². The van der Waals surface area contributed by atoms with E-state index in [-0.39, 0.29) is 88.1 Å². The number of pyridine rings is 2. The van der Waals surface area contributed by atoms with Crippen molar-refractivity contribution in [2.24, 2.45) is 11.8 Å². The highest BCUT2D eigenvalue weighted by Gasteiger charge is 2.41. The molecule has 6 heterocycles. The first-order valence-electron chi connectivity index (χ1n) is 25.8. The number of aliphatic carboxylic acids is 1. The van der Waals surface area contributed by atoms with Crippen molar-refractivity contribution in [2.75, 3.05) is 39.3 Å². The number of carboxylic acid groups (broad SMARTS) is 1. The van der Waals surface area contributed by atoms with Crippen LogP contribution in [0.25, 0.3) is 42.9 Å². The van der Waals surface area contributed by atoms with E-state index in [1.165, 1.54) is 35.5 Å². The molecule has 16 heteroatoms. The normalized spacial score (nSPS) is 19.1. The average Bonchev–Trinajstić information content (AvgIpc) is 4.14. The number of nitrogens with zero attached hydrogens (tertiary/aromatic N) is 6. The molecule has 2 saturated carbocycles. The molecule has 2 aliphatic heterocycles. The van der Waals surface area contributed by atoms with Gasteiger partial charge in [-0.3, -0.25) is 29.0 Å². The van der Waals surface area contributed by atoms with Crippen LogP contribution >= 0.6 is 22.7 Å². The number of aromatic nitrogens is 2. The van der Waals surface area contributed by atoms with Gasteiger partial charge in [-0.05, 0) is 86.4 Å². The highest BCUT2D eigenvalue weighted by Crippen LogP contribution is 2.37. The molecule has 72 heavy (non-hydrogen) atoms. The zero-order valence-electron chi connectivity index (χ0n) is 41.2. The van der Waals surface area contributed by atoms with Crippen molar-refractivity contribution in [1.29, 1.82) is 0 Å². The first kappa shape index (κ1) is 49.5. The van der Waals surface area contributed by atoms with Crippen LogP contribution in [0, 0.1) is 11.8 Å². The second kappa shape index (κ2) is 22.0. The van der Waals surface area contributed by atoms with Crippen LogP contribution in [0.15, 0.2) is 83.6 Å². The van der Waals surface area contributed by atoms with Gasteiger partial charge >= 0.3 is 5.97 Å². The van der Waals surface area contributed by atoms with Gasteiger partial charge in [0.05, 0.1) is 56.4 Å². The molecular formula is C56H64N8O6S2. The van der Waals surface area contributed by atoms with Gasteiger partial charge in [0, 0.05) is 73.3 Å². The molecule has 0 radical (unpaired) electrons. The van der Waals surface area contributed by atoms with E-state index in [2.05, 4.69) is 24.5 Å². The molecule has 4 aromatic heterocycles. The Morgan fingerprint density at radius 1 is 0.597 bits per heavy atom. The fraction of sp³-hybridized carbons (Fsp3) is 0.446. The molecule has 376 valence electrons. The number of carbonyl (C=O) groups excluding carboxylic acids is 4. The van der Waals surface area contributed by atoms with Gasteiger partial charge < -0.3 is 25.5 Å². The summed E-state index contributed by atoms with van der Waals surface area (Å²) in [4.78, 5) is 89.9. The van der Waals surface area contributed by atoms with Crippen molar-refractivity contribution in [3.63, 3.8) is 0 Å². The van der Waals surface area contributed by atoms with Crippen molar-refractivity contribution < 1.29 is 29.1 Å². The maximum atomic E-state index is 14.6. The number of fused-ring (bicyclic) bond motifs is 2. The Morgan fingerprint density at radius 2 is 1.01 bits per heavy atom. The molecule has 6 aromatic rings. The lowest BCUT2D eigenvalue weighted by molar-refractivity contribution is -0.160. The Labute approximate surface area is 428 Å². The first-order chi connectivity index (χ1) is 35.0. The Balaban J connectivity index is 0.877. The summed E-state index contributed by atoms with van der Waals surface area (Å²) < 4.78 is 0. The van der Waals surface area contributed by atoms with Gasteiger partial charge in [-0.25, -0.2) is 14.8 Å². The van der Waals surface area contributed by atoms with E-state index in [9.17, 15) is 29.1 Å². The molecule has 4 aliphatic rings. The molecule has 4 amide bonds. The summed E-state index contributed by atoms with van der Waals surface area (Å²) >= 11 is 3.05. The summed E-state index contributed by atoms with van der Waals surface area (Å²) in [5, 5.41) is 22.9. The van der Waals surface area contributed by atoms with Crippen molar-refractivity contribution in [2.45, 2.75) is 109 Å². The topological polar surface area (TPSA) is 168 Å². The quantitative estimate of drug-likeness (QED) is 0.0903. The smallest absolute Gasteiger partial charge is 0.336 e. The lowest BCUT2D eigenvalue weighted by atomic mass is 9.84. The summed E-state index contributed by atoms with van der Waals surface area (Å²) in [5.74, 6) is -1.30. The molecule has 3 N–H and O–H groups in total. The minimum absolute atomic E-state index is 0.0300. The summed E-state index contributed by atoms with van der Waals surface area (Å²) in [6, 6.07) is 23.1. The zero-order valence-corrected chi connectivity index (χ0v) is 42.8. The number of benzene rings is 2. The fourth-order valence-electron chi connectivity index (χ4n) is 11.8. The average molecular weight is 1010 g/mol. The molecule has 0 bridgehead atoms. The van der Waals surface area contributed by atoms with E-state index >= 15 is 0 Å². The molecule has 14 nitrogen and oxygen atoms in total. The predicted molar refractivity (Wildman–Crippen MR) is 283 cm³/mol. The number of para-hydroxylation sites is 2. The van der Waals surface area contributed by atoms with Crippen molar-refractivity contribution in [1.82, 2.24) is 40.2 Å². The van der Waals surface area contributed by atoms with E-state index < -0.39 is 12.1 Å². The Bertz CT molecular complexity index is 2760. The van der Waals surface area contributed by atoms with Crippen molar-refractivity contribution >= 4 is 74.1 Å². The molecule has 10 rings (SSSR count). The minimum Gasteiger partial charge on any atom is -0.479 e. The van der Waals surface area contributed by atoms with E-state index in [0.29, 0.717) is 67.3 Å². The molecular weight excluding hydrogens is 945 g/mol. The van der Waals surface area contributed by atoms with Crippen LogP contribution in [0.3, 0.4) is 0 Å². The van der Waals surface area contributed by atoms with Gasteiger partial charge in [0.25, 0.3) is 11.8 Å². The first-order valence-corrected chi connectivity index (χ1v) is 27.6. The second-order valence-corrected chi connectivity index (χ2v) is 22.1. The minimum atomic E-state index is -1.24. The predicted octanol–water partition coefficient (Wildman–Crippen LogP) is 9.04. The zero-order chi connectivity index (χ0) is 49.9. The third kappa shape index (κ3) is 10.4. The van der Waals surface area contributed by atoms with E-state index in [0.717, 1.165) is 61.1 Å². The molecule has 2 aromatic carbocycles.